The first-order valence-electron chi connectivity index (χ1n) is 8.01. The number of rotatable bonds is 2. The SMILES string of the molecule is Cc1ccnc(C2ONc3ncnc4c3c2cn4C2CCC2)c1. The lowest BCUT2D eigenvalue weighted by Crippen LogP contribution is -2.17. The van der Waals surface area contributed by atoms with Gasteiger partial charge in [-0.2, -0.15) is 0 Å². The van der Waals surface area contributed by atoms with E-state index in [4.69, 9.17) is 4.84 Å². The molecule has 1 saturated carbocycles. The zero-order chi connectivity index (χ0) is 15.4. The summed E-state index contributed by atoms with van der Waals surface area (Å²) in [5, 5.41) is 1.05. The van der Waals surface area contributed by atoms with E-state index >= 15 is 0 Å². The van der Waals surface area contributed by atoms with E-state index in [1.54, 1.807) is 6.33 Å². The summed E-state index contributed by atoms with van der Waals surface area (Å²) in [6.45, 7) is 2.06. The highest BCUT2D eigenvalue weighted by atomic mass is 16.7. The van der Waals surface area contributed by atoms with E-state index in [1.807, 2.05) is 12.3 Å². The Hall–Kier alpha value is -2.47. The van der Waals surface area contributed by atoms with E-state index in [9.17, 15) is 0 Å². The van der Waals surface area contributed by atoms with Gasteiger partial charge in [-0.25, -0.2) is 15.4 Å². The summed E-state index contributed by atoms with van der Waals surface area (Å²) in [5.41, 5.74) is 7.14. The molecule has 1 unspecified atom stereocenters. The molecule has 4 heterocycles. The summed E-state index contributed by atoms with van der Waals surface area (Å²) in [7, 11) is 0. The van der Waals surface area contributed by atoms with E-state index < -0.39 is 0 Å². The molecular weight excluding hydrogens is 290 g/mol. The molecule has 0 aromatic carbocycles. The Labute approximate surface area is 133 Å². The first-order valence-corrected chi connectivity index (χ1v) is 8.01. The number of nitrogens with one attached hydrogen (secondary N) is 1. The summed E-state index contributed by atoms with van der Waals surface area (Å²) in [5.74, 6) is 0.743. The second-order valence-electron chi connectivity index (χ2n) is 6.36. The fraction of sp³-hybridized carbons (Fsp3) is 0.353. The quantitative estimate of drug-likeness (QED) is 0.787. The normalized spacial score (nSPS) is 20.3. The third kappa shape index (κ3) is 1.88. The van der Waals surface area contributed by atoms with Crippen LogP contribution >= 0.6 is 0 Å². The minimum Gasteiger partial charge on any atom is -0.329 e. The number of aromatic nitrogens is 4. The molecule has 0 saturated heterocycles. The van der Waals surface area contributed by atoms with Crippen LogP contribution in [-0.2, 0) is 4.84 Å². The van der Waals surface area contributed by atoms with Crippen LogP contribution in [0.25, 0.3) is 11.0 Å². The standard InChI is InChI=1S/C17H17N5O/c1-10-5-6-18-13(7-10)15-12-8-22(11-3-2-4-11)17-14(12)16(21-23-15)19-9-20-17/h5-9,11,15H,2-4H2,1H3,(H,19,20,21). The van der Waals surface area contributed by atoms with E-state index in [0.29, 0.717) is 6.04 Å². The number of aryl methyl sites for hydroxylation is 1. The predicted octanol–water partition coefficient (Wildman–Crippen LogP) is 3.31. The van der Waals surface area contributed by atoms with E-state index in [0.717, 1.165) is 28.1 Å². The van der Waals surface area contributed by atoms with Gasteiger partial charge >= 0.3 is 0 Å². The number of nitrogens with zero attached hydrogens (tertiary/aromatic N) is 4. The van der Waals surface area contributed by atoms with Gasteiger partial charge < -0.3 is 4.57 Å². The first-order chi connectivity index (χ1) is 11.3. The van der Waals surface area contributed by atoms with Crippen molar-refractivity contribution in [1.29, 1.82) is 0 Å². The Morgan fingerprint density at radius 3 is 2.96 bits per heavy atom. The molecule has 2 aliphatic rings. The van der Waals surface area contributed by atoms with Crippen LogP contribution in [0, 0.1) is 6.92 Å². The molecule has 6 heteroatoms. The minimum atomic E-state index is -0.239. The molecule has 3 aromatic rings. The molecule has 1 aliphatic carbocycles. The second kappa shape index (κ2) is 4.76. The van der Waals surface area contributed by atoms with Crippen LogP contribution in [-0.4, -0.2) is 19.5 Å². The Bertz CT molecular complexity index is 899. The molecule has 23 heavy (non-hydrogen) atoms. The van der Waals surface area contributed by atoms with Crippen LogP contribution in [0.1, 0.15) is 48.2 Å². The fourth-order valence-electron chi connectivity index (χ4n) is 3.43. The van der Waals surface area contributed by atoms with Gasteiger partial charge in [-0.05, 0) is 43.9 Å². The number of pyridine rings is 1. The van der Waals surface area contributed by atoms with Crippen molar-refractivity contribution in [2.75, 3.05) is 5.48 Å². The summed E-state index contributed by atoms with van der Waals surface area (Å²) >= 11 is 0. The second-order valence-corrected chi connectivity index (χ2v) is 6.36. The molecule has 5 rings (SSSR count). The van der Waals surface area contributed by atoms with Crippen molar-refractivity contribution >= 4 is 16.9 Å². The fourth-order valence-corrected chi connectivity index (χ4v) is 3.43. The summed E-state index contributed by atoms with van der Waals surface area (Å²) in [6.07, 6.45) is 9.08. The van der Waals surface area contributed by atoms with E-state index in [2.05, 4.69) is 44.2 Å². The van der Waals surface area contributed by atoms with Crippen molar-refractivity contribution in [2.24, 2.45) is 0 Å². The summed E-state index contributed by atoms with van der Waals surface area (Å²) in [4.78, 5) is 19.2. The van der Waals surface area contributed by atoms with Crippen molar-refractivity contribution in [2.45, 2.75) is 38.3 Å². The molecule has 0 amide bonds. The zero-order valence-electron chi connectivity index (χ0n) is 12.9. The van der Waals surface area contributed by atoms with Crippen molar-refractivity contribution < 1.29 is 4.84 Å². The van der Waals surface area contributed by atoms with Gasteiger partial charge in [0.1, 0.15) is 12.0 Å². The lowest BCUT2D eigenvalue weighted by Gasteiger charge is -2.27. The molecule has 0 spiro atoms. The van der Waals surface area contributed by atoms with Crippen LogP contribution in [0.5, 0.6) is 0 Å². The molecule has 1 aliphatic heterocycles. The van der Waals surface area contributed by atoms with Crippen molar-refractivity contribution in [3.63, 3.8) is 0 Å². The van der Waals surface area contributed by atoms with Gasteiger partial charge in [0.2, 0.25) is 0 Å². The largest absolute Gasteiger partial charge is 0.329 e. The Kier molecular flexibility index (Phi) is 2.69. The summed E-state index contributed by atoms with van der Waals surface area (Å²) < 4.78 is 2.29. The van der Waals surface area contributed by atoms with Gasteiger partial charge in [-0.1, -0.05) is 0 Å². The minimum absolute atomic E-state index is 0.239. The predicted molar refractivity (Wildman–Crippen MR) is 85.9 cm³/mol. The van der Waals surface area contributed by atoms with Gasteiger partial charge in [0.15, 0.2) is 11.9 Å². The third-order valence-electron chi connectivity index (χ3n) is 4.87. The average Bonchev–Trinajstić information content (AvgIpc) is 2.87. The topological polar surface area (TPSA) is 64.9 Å². The first kappa shape index (κ1) is 13.0. The van der Waals surface area contributed by atoms with Crippen LogP contribution in [0.4, 0.5) is 5.82 Å². The molecule has 1 atom stereocenters. The highest BCUT2D eigenvalue weighted by Gasteiger charge is 2.32. The molecule has 0 bridgehead atoms. The maximum absolute atomic E-state index is 5.86. The molecule has 1 fully saturated rings. The van der Waals surface area contributed by atoms with E-state index in [1.165, 1.54) is 24.8 Å². The van der Waals surface area contributed by atoms with Gasteiger partial charge in [-0.3, -0.25) is 9.82 Å². The third-order valence-corrected chi connectivity index (χ3v) is 4.87. The Morgan fingerprint density at radius 2 is 2.17 bits per heavy atom. The molecule has 3 aromatic heterocycles. The van der Waals surface area contributed by atoms with Crippen LogP contribution in [0.15, 0.2) is 30.9 Å². The smallest absolute Gasteiger partial charge is 0.163 e. The number of hydrogen-bond acceptors (Lipinski definition) is 5. The maximum Gasteiger partial charge on any atom is 0.163 e. The van der Waals surface area contributed by atoms with Crippen molar-refractivity contribution in [1.82, 2.24) is 19.5 Å². The van der Waals surface area contributed by atoms with Crippen LogP contribution < -0.4 is 5.48 Å². The molecule has 0 radical (unpaired) electrons. The van der Waals surface area contributed by atoms with Gasteiger partial charge in [0, 0.05) is 24.0 Å². The van der Waals surface area contributed by atoms with Crippen LogP contribution in [0.3, 0.4) is 0 Å². The monoisotopic (exact) mass is 307 g/mol. The van der Waals surface area contributed by atoms with Crippen molar-refractivity contribution in [3.8, 4) is 0 Å². The number of anilines is 1. The highest BCUT2D eigenvalue weighted by Crippen LogP contribution is 2.42. The van der Waals surface area contributed by atoms with Crippen molar-refractivity contribution in [3.05, 3.63) is 47.7 Å². The lowest BCUT2D eigenvalue weighted by molar-refractivity contribution is 0.125. The molecule has 6 nitrogen and oxygen atoms in total. The maximum atomic E-state index is 5.86. The summed E-state index contributed by atoms with van der Waals surface area (Å²) in [6, 6.07) is 4.60. The van der Waals surface area contributed by atoms with E-state index in [-0.39, 0.29) is 6.10 Å². The lowest BCUT2D eigenvalue weighted by atomic mass is 9.93. The molecular formula is C17H17N5O. The van der Waals surface area contributed by atoms with Gasteiger partial charge in [0.25, 0.3) is 0 Å². The number of hydrogen-bond donors (Lipinski definition) is 1. The van der Waals surface area contributed by atoms with Gasteiger partial charge in [0.05, 0.1) is 11.1 Å². The Morgan fingerprint density at radius 1 is 1.26 bits per heavy atom. The highest BCUT2D eigenvalue weighted by molar-refractivity contribution is 5.92. The average molecular weight is 307 g/mol. The molecule has 116 valence electrons. The van der Waals surface area contributed by atoms with Gasteiger partial charge in [-0.15, -0.1) is 0 Å². The molecule has 1 N–H and O–H groups in total. The Balaban J connectivity index is 1.72. The van der Waals surface area contributed by atoms with Crippen LogP contribution in [0.2, 0.25) is 0 Å². The zero-order valence-corrected chi connectivity index (χ0v) is 12.9.